The van der Waals surface area contributed by atoms with Crippen LogP contribution in [0.5, 0.6) is 0 Å². The van der Waals surface area contributed by atoms with Crippen LogP contribution in [0.3, 0.4) is 0 Å². The normalized spacial score (nSPS) is 26.8. The van der Waals surface area contributed by atoms with Crippen molar-refractivity contribution in [1.82, 2.24) is 0 Å². The molecular weight excluding hydrogens is 146 g/mol. The van der Waals surface area contributed by atoms with Crippen LogP contribution in [0.1, 0.15) is 19.3 Å². The lowest BCUT2D eigenvalue weighted by Gasteiger charge is -2.15. The standard InChI is InChI=1S/C7H13NO3/c8-5(4-7(9)10)6-2-1-3-11-6/h5-6H,1-4,8H2,(H,9,10)/t5-,6+/m1/s1. The molecule has 0 aromatic rings. The number of nitrogens with two attached hydrogens (primary N) is 1. The molecule has 0 radical (unpaired) electrons. The number of ether oxygens (including phenoxy) is 1. The summed E-state index contributed by atoms with van der Waals surface area (Å²) in [5, 5.41) is 8.41. The smallest absolute Gasteiger partial charge is 0.305 e. The third-order valence-corrected chi connectivity index (χ3v) is 1.85. The van der Waals surface area contributed by atoms with Crippen molar-refractivity contribution in [2.45, 2.75) is 31.4 Å². The van der Waals surface area contributed by atoms with Gasteiger partial charge in [0.2, 0.25) is 0 Å². The summed E-state index contributed by atoms with van der Waals surface area (Å²) in [6.45, 7) is 0.720. The van der Waals surface area contributed by atoms with Crippen LogP contribution < -0.4 is 5.73 Å². The summed E-state index contributed by atoms with van der Waals surface area (Å²) in [6, 6.07) is -0.338. The number of hydrogen-bond acceptors (Lipinski definition) is 3. The lowest BCUT2D eigenvalue weighted by Crippen LogP contribution is -2.36. The molecule has 2 atom stereocenters. The SMILES string of the molecule is N[C@H](CC(=O)O)[C@@H]1CCCO1. The van der Waals surface area contributed by atoms with Crippen molar-refractivity contribution in [3.8, 4) is 0 Å². The first kappa shape index (κ1) is 8.49. The second-order valence-electron chi connectivity index (χ2n) is 2.81. The summed E-state index contributed by atoms with van der Waals surface area (Å²) in [6.07, 6.45) is 1.86. The van der Waals surface area contributed by atoms with E-state index in [-0.39, 0.29) is 18.6 Å². The molecule has 11 heavy (non-hydrogen) atoms. The van der Waals surface area contributed by atoms with Gasteiger partial charge in [-0.25, -0.2) is 0 Å². The van der Waals surface area contributed by atoms with E-state index in [0.717, 1.165) is 19.4 Å². The molecule has 1 aliphatic heterocycles. The molecule has 4 heteroatoms. The lowest BCUT2D eigenvalue weighted by atomic mass is 10.1. The number of carboxylic acids is 1. The Morgan fingerprint density at radius 1 is 1.82 bits per heavy atom. The summed E-state index contributed by atoms with van der Waals surface area (Å²) in [5.74, 6) is -0.854. The summed E-state index contributed by atoms with van der Waals surface area (Å²) in [5.41, 5.74) is 5.57. The minimum atomic E-state index is -0.854. The maximum Gasteiger partial charge on any atom is 0.305 e. The highest BCUT2D eigenvalue weighted by molar-refractivity contribution is 5.67. The van der Waals surface area contributed by atoms with Gasteiger partial charge in [0.25, 0.3) is 0 Å². The zero-order valence-electron chi connectivity index (χ0n) is 6.32. The summed E-state index contributed by atoms with van der Waals surface area (Å²) < 4.78 is 5.23. The molecule has 0 spiro atoms. The second-order valence-corrected chi connectivity index (χ2v) is 2.81. The molecule has 0 unspecified atom stereocenters. The molecule has 1 rings (SSSR count). The van der Waals surface area contributed by atoms with Crippen molar-refractivity contribution in [2.75, 3.05) is 6.61 Å². The molecule has 1 saturated heterocycles. The predicted octanol–water partition coefficient (Wildman–Crippen LogP) is -0.0326. The van der Waals surface area contributed by atoms with Gasteiger partial charge in [0.05, 0.1) is 12.5 Å². The fourth-order valence-electron chi connectivity index (χ4n) is 1.27. The van der Waals surface area contributed by atoms with Gasteiger partial charge in [0.15, 0.2) is 0 Å². The van der Waals surface area contributed by atoms with Crippen LogP contribution in [-0.2, 0) is 9.53 Å². The molecule has 0 aromatic carbocycles. The molecule has 1 fully saturated rings. The van der Waals surface area contributed by atoms with Gasteiger partial charge < -0.3 is 15.6 Å². The zero-order chi connectivity index (χ0) is 8.27. The van der Waals surface area contributed by atoms with Crippen LogP contribution in [-0.4, -0.2) is 29.8 Å². The minimum Gasteiger partial charge on any atom is -0.481 e. The van der Waals surface area contributed by atoms with Crippen molar-refractivity contribution in [3.05, 3.63) is 0 Å². The van der Waals surface area contributed by atoms with Crippen LogP contribution in [0.2, 0.25) is 0 Å². The molecule has 0 amide bonds. The van der Waals surface area contributed by atoms with Crippen LogP contribution in [0.15, 0.2) is 0 Å². The van der Waals surface area contributed by atoms with E-state index in [2.05, 4.69) is 0 Å². The first-order valence-electron chi connectivity index (χ1n) is 3.79. The van der Waals surface area contributed by atoms with Gasteiger partial charge in [-0.2, -0.15) is 0 Å². The highest BCUT2D eigenvalue weighted by Crippen LogP contribution is 2.15. The Bertz CT molecular complexity index is 143. The topological polar surface area (TPSA) is 72.6 Å². The zero-order valence-corrected chi connectivity index (χ0v) is 6.32. The minimum absolute atomic E-state index is 0.00463. The Morgan fingerprint density at radius 3 is 3.00 bits per heavy atom. The van der Waals surface area contributed by atoms with E-state index in [9.17, 15) is 4.79 Å². The van der Waals surface area contributed by atoms with Gasteiger partial charge in [-0.15, -0.1) is 0 Å². The highest BCUT2D eigenvalue weighted by atomic mass is 16.5. The van der Waals surface area contributed by atoms with E-state index in [4.69, 9.17) is 15.6 Å². The summed E-state index contributed by atoms with van der Waals surface area (Å²) in [7, 11) is 0. The van der Waals surface area contributed by atoms with E-state index >= 15 is 0 Å². The summed E-state index contributed by atoms with van der Waals surface area (Å²) >= 11 is 0. The third-order valence-electron chi connectivity index (χ3n) is 1.85. The first-order valence-corrected chi connectivity index (χ1v) is 3.79. The maximum absolute atomic E-state index is 10.2. The van der Waals surface area contributed by atoms with Crippen molar-refractivity contribution in [3.63, 3.8) is 0 Å². The van der Waals surface area contributed by atoms with Gasteiger partial charge in [-0.1, -0.05) is 0 Å². The maximum atomic E-state index is 10.2. The highest BCUT2D eigenvalue weighted by Gasteiger charge is 2.24. The molecule has 4 nitrogen and oxygen atoms in total. The molecule has 0 saturated carbocycles. The fraction of sp³-hybridized carbons (Fsp3) is 0.857. The first-order chi connectivity index (χ1) is 5.20. The van der Waals surface area contributed by atoms with Gasteiger partial charge in [0, 0.05) is 12.6 Å². The van der Waals surface area contributed by atoms with Crippen molar-refractivity contribution in [2.24, 2.45) is 5.73 Å². The number of aliphatic carboxylic acids is 1. The van der Waals surface area contributed by atoms with Crippen LogP contribution >= 0.6 is 0 Å². The van der Waals surface area contributed by atoms with Gasteiger partial charge >= 0.3 is 5.97 Å². The van der Waals surface area contributed by atoms with E-state index in [1.807, 2.05) is 0 Å². The predicted molar refractivity (Wildman–Crippen MR) is 39.2 cm³/mol. The van der Waals surface area contributed by atoms with Gasteiger partial charge in [0.1, 0.15) is 0 Å². The molecule has 0 aliphatic carbocycles. The Kier molecular flexibility index (Phi) is 2.84. The van der Waals surface area contributed by atoms with Gasteiger partial charge in [-0.05, 0) is 12.8 Å². The quantitative estimate of drug-likeness (QED) is 0.606. The lowest BCUT2D eigenvalue weighted by molar-refractivity contribution is -0.138. The molecular formula is C7H13NO3. The third kappa shape index (κ3) is 2.48. The second kappa shape index (κ2) is 3.69. The molecule has 1 aliphatic rings. The van der Waals surface area contributed by atoms with E-state index < -0.39 is 5.97 Å². The van der Waals surface area contributed by atoms with Gasteiger partial charge in [-0.3, -0.25) is 4.79 Å². The van der Waals surface area contributed by atoms with E-state index in [0.29, 0.717) is 0 Å². The average Bonchev–Trinajstić information content (AvgIpc) is 2.35. The number of carboxylic acid groups (broad SMARTS) is 1. The fourth-order valence-corrected chi connectivity index (χ4v) is 1.27. The van der Waals surface area contributed by atoms with Crippen LogP contribution in [0, 0.1) is 0 Å². The average molecular weight is 159 g/mol. The van der Waals surface area contributed by atoms with E-state index in [1.165, 1.54) is 0 Å². The monoisotopic (exact) mass is 159 g/mol. The number of hydrogen-bond donors (Lipinski definition) is 2. The van der Waals surface area contributed by atoms with Crippen molar-refractivity contribution < 1.29 is 14.6 Å². The van der Waals surface area contributed by atoms with Crippen molar-refractivity contribution in [1.29, 1.82) is 0 Å². The van der Waals surface area contributed by atoms with Crippen molar-refractivity contribution >= 4 is 5.97 Å². The Balaban J connectivity index is 2.28. The summed E-state index contributed by atoms with van der Waals surface area (Å²) in [4.78, 5) is 10.2. The van der Waals surface area contributed by atoms with E-state index in [1.54, 1.807) is 0 Å². The van der Waals surface area contributed by atoms with Crippen LogP contribution in [0.4, 0.5) is 0 Å². The Morgan fingerprint density at radius 2 is 2.55 bits per heavy atom. The largest absolute Gasteiger partial charge is 0.481 e. The molecule has 0 bridgehead atoms. The molecule has 64 valence electrons. The Hall–Kier alpha value is -0.610. The number of rotatable bonds is 3. The molecule has 0 aromatic heterocycles. The Labute approximate surface area is 65.3 Å². The van der Waals surface area contributed by atoms with Crippen LogP contribution in [0.25, 0.3) is 0 Å². The number of carbonyl (C=O) groups is 1. The molecule has 3 N–H and O–H groups in total. The molecule has 1 heterocycles.